The van der Waals surface area contributed by atoms with Crippen molar-refractivity contribution in [3.63, 3.8) is 0 Å². The number of fused-ring (bicyclic) bond motifs is 1. The molecule has 2 aromatic rings. The molecule has 0 radical (unpaired) electrons. The van der Waals surface area contributed by atoms with Gasteiger partial charge >= 0.3 is 0 Å². The van der Waals surface area contributed by atoms with Crippen LogP contribution in [0.25, 0.3) is 5.65 Å². The molecule has 5 nitrogen and oxygen atoms in total. The molecule has 0 saturated heterocycles. The van der Waals surface area contributed by atoms with Gasteiger partial charge in [-0.1, -0.05) is 15.9 Å². The highest BCUT2D eigenvalue weighted by molar-refractivity contribution is 9.09. The molecule has 0 aliphatic carbocycles. The Morgan fingerprint density at radius 2 is 2.25 bits per heavy atom. The van der Waals surface area contributed by atoms with E-state index in [1.54, 1.807) is 23.0 Å². The molecule has 0 bridgehead atoms. The average Bonchev–Trinajstić information content (AvgIpc) is 2.72. The van der Waals surface area contributed by atoms with E-state index in [2.05, 4.69) is 26.0 Å². The van der Waals surface area contributed by atoms with E-state index in [4.69, 9.17) is 0 Å². The zero-order valence-corrected chi connectivity index (χ0v) is 10.1. The highest BCUT2D eigenvalue weighted by Gasteiger charge is 2.21. The number of halogens is 1. The fourth-order valence-electron chi connectivity index (χ4n) is 1.53. The van der Waals surface area contributed by atoms with Crippen molar-refractivity contribution in [1.82, 2.24) is 14.6 Å². The smallest absolute Gasteiger partial charge is 0.160 e. The second-order valence-electron chi connectivity index (χ2n) is 3.48. The van der Waals surface area contributed by atoms with Crippen LogP contribution in [0, 0.1) is 0 Å². The van der Waals surface area contributed by atoms with E-state index < -0.39 is 12.2 Å². The van der Waals surface area contributed by atoms with Gasteiger partial charge in [0, 0.05) is 23.3 Å². The highest BCUT2D eigenvalue weighted by Crippen LogP contribution is 2.22. The summed E-state index contributed by atoms with van der Waals surface area (Å²) in [4.78, 5) is 4.12. The molecule has 0 saturated carbocycles. The minimum Gasteiger partial charge on any atom is -0.390 e. The predicted molar refractivity (Wildman–Crippen MR) is 62.4 cm³/mol. The Balaban J connectivity index is 2.32. The van der Waals surface area contributed by atoms with Crippen LogP contribution in [0.2, 0.25) is 0 Å². The van der Waals surface area contributed by atoms with Gasteiger partial charge in [0.1, 0.15) is 6.10 Å². The van der Waals surface area contributed by atoms with Crippen molar-refractivity contribution >= 4 is 21.6 Å². The van der Waals surface area contributed by atoms with Gasteiger partial charge in [0.25, 0.3) is 0 Å². The van der Waals surface area contributed by atoms with Crippen LogP contribution in [0.15, 0.2) is 24.7 Å². The van der Waals surface area contributed by atoms with Gasteiger partial charge in [-0.3, -0.25) is 0 Å². The van der Waals surface area contributed by atoms with Crippen molar-refractivity contribution < 1.29 is 10.2 Å². The third kappa shape index (κ3) is 2.09. The predicted octanol–water partition coefficient (Wildman–Crippen LogP) is 0.909. The topological polar surface area (TPSA) is 70.7 Å². The average molecular weight is 286 g/mol. The Morgan fingerprint density at radius 1 is 1.44 bits per heavy atom. The van der Waals surface area contributed by atoms with Crippen LogP contribution in [-0.4, -0.2) is 36.2 Å². The van der Waals surface area contributed by atoms with Crippen molar-refractivity contribution in [2.75, 3.05) is 5.33 Å². The molecule has 2 aromatic heterocycles. The van der Waals surface area contributed by atoms with E-state index in [9.17, 15) is 10.2 Å². The molecule has 0 spiro atoms. The summed E-state index contributed by atoms with van der Waals surface area (Å²) in [6.45, 7) is 0. The maximum absolute atomic E-state index is 9.94. The van der Waals surface area contributed by atoms with Gasteiger partial charge in [-0.25, -0.2) is 9.50 Å². The second kappa shape index (κ2) is 4.90. The standard InChI is InChI=1S/C10H12BrN3O2/c11-3-2-8(15)9(16)7-6-13-14-5-1-4-12-10(7)14/h1,4-6,8-9,15-16H,2-3H2. The van der Waals surface area contributed by atoms with Crippen LogP contribution >= 0.6 is 15.9 Å². The lowest BCUT2D eigenvalue weighted by atomic mass is 10.1. The van der Waals surface area contributed by atoms with Crippen molar-refractivity contribution in [3.05, 3.63) is 30.2 Å². The molecule has 2 rings (SSSR count). The number of aromatic nitrogens is 3. The van der Waals surface area contributed by atoms with Crippen molar-refractivity contribution in [3.8, 4) is 0 Å². The molecule has 0 aliphatic heterocycles. The first kappa shape index (κ1) is 11.5. The molecule has 6 heteroatoms. The minimum atomic E-state index is -0.954. The van der Waals surface area contributed by atoms with Gasteiger partial charge in [-0.2, -0.15) is 5.10 Å². The van der Waals surface area contributed by atoms with Crippen LogP contribution in [0.3, 0.4) is 0 Å². The number of nitrogens with zero attached hydrogens (tertiary/aromatic N) is 3. The number of aliphatic hydroxyl groups is 2. The summed E-state index contributed by atoms with van der Waals surface area (Å²) >= 11 is 3.22. The Labute approximate surface area is 101 Å². The van der Waals surface area contributed by atoms with Gasteiger partial charge in [-0.15, -0.1) is 0 Å². The summed E-state index contributed by atoms with van der Waals surface area (Å²) in [5.74, 6) is 0. The molecule has 0 aromatic carbocycles. The van der Waals surface area contributed by atoms with Crippen LogP contribution in [-0.2, 0) is 0 Å². The monoisotopic (exact) mass is 285 g/mol. The van der Waals surface area contributed by atoms with E-state index in [0.29, 0.717) is 23.0 Å². The molecule has 16 heavy (non-hydrogen) atoms. The van der Waals surface area contributed by atoms with E-state index in [-0.39, 0.29) is 0 Å². The van der Waals surface area contributed by atoms with Gasteiger partial charge < -0.3 is 10.2 Å². The van der Waals surface area contributed by atoms with Crippen LogP contribution < -0.4 is 0 Å². The zero-order valence-electron chi connectivity index (χ0n) is 8.49. The zero-order chi connectivity index (χ0) is 11.5. The normalized spacial score (nSPS) is 15.2. The molecule has 0 aliphatic rings. The second-order valence-corrected chi connectivity index (χ2v) is 4.27. The summed E-state index contributed by atoms with van der Waals surface area (Å²) < 4.78 is 1.57. The minimum absolute atomic E-state index is 0.478. The molecule has 2 N–H and O–H groups in total. The molecule has 0 fully saturated rings. The molecule has 2 atom stereocenters. The van der Waals surface area contributed by atoms with Crippen LogP contribution in [0.4, 0.5) is 0 Å². The third-order valence-electron chi connectivity index (χ3n) is 2.39. The third-order valence-corrected chi connectivity index (χ3v) is 2.85. The van der Waals surface area contributed by atoms with Crippen molar-refractivity contribution in [2.45, 2.75) is 18.6 Å². The van der Waals surface area contributed by atoms with E-state index in [0.717, 1.165) is 0 Å². The number of rotatable bonds is 4. The summed E-state index contributed by atoms with van der Waals surface area (Å²) in [7, 11) is 0. The largest absolute Gasteiger partial charge is 0.390 e. The van der Waals surface area contributed by atoms with Crippen molar-refractivity contribution in [2.24, 2.45) is 0 Å². The Kier molecular flexibility index (Phi) is 3.52. The molecule has 0 amide bonds. The maximum Gasteiger partial charge on any atom is 0.160 e. The van der Waals surface area contributed by atoms with E-state index in [1.807, 2.05) is 0 Å². The number of hydrogen-bond acceptors (Lipinski definition) is 4. The van der Waals surface area contributed by atoms with Gasteiger partial charge in [-0.05, 0) is 12.5 Å². The molecule has 86 valence electrons. The van der Waals surface area contributed by atoms with Crippen molar-refractivity contribution in [1.29, 1.82) is 0 Å². The quantitative estimate of drug-likeness (QED) is 0.820. The van der Waals surface area contributed by atoms with Crippen LogP contribution in [0.5, 0.6) is 0 Å². The van der Waals surface area contributed by atoms with Gasteiger partial charge in [0.05, 0.1) is 12.3 Å². The number of hydrogen-bond donors (Lipinski definition) is 2. The maximum atomic E-state index is 9.94. The highest BCUT2D eigenvalue weighted by atomic mass is 79.9. The first-order chi connectivity index (χ1) is 7.74. The first-order valence-electron chi connectivity index (χ1n) is 4.94. The first-order valence-corrected chi connectivity index (χ1v) is 6.06. The molecular weight excluding hydrogens is 274 g/mol. The summed E-state index contributed by atoms with van der Waals surface area (Å²) in [6.07, 6.45) is 3.62. The summed E-state index contributed by atoms with van der Waals surface area (Å²) in [6, 6.07) is 1.76. The Bertz CT molecular complexity index is 474. The van der Waals surface area contributed by atoms with Gasteiger partial charge in [0.15, 0.2) is 5.65 Å². The molecule has 2 heterocycles. The molecular formula is C10H12BrN3O2. The SMILES string of the molecule is OC(CCBr)C(O)c1cnn2cccnc12. The van der Waals surface area contributed by atoms with Gasteiger partial charge in [0.2, 0.25) is 0 Å². The lowest BCUT2D eigenvalue weighted by Gasteiger charge is -2.15. The lowest BCUT2D eigenvalue weighted by Crippen LogP contribution is -2.18. The number of alkyl halides is 1. The van der Waals surface area contributed by atoms with Crippen LogP contribution in [0.1, 0.15) is 18.1 Å². The lowest BCUT2D eigenvalue weighted by molar-refractivity contribution is 0.0181. The Hall–Kier alpha value is -0.980. The fourth-order valence-corrected chi connectivity index (χ4v) is 2.00. The fraction of sp³-hybridized carbons (Fsp3) is 0.400. The summed E-state index contributed by atoms with van der Waals surface area (Å²) in [5, 5.41) is 24.3. The van der Waals surface area contributed by atoms with E-state index >= 15 is 0 Å². The number of aliphatic hydroxyl groups excluding tert-OH is 2. The summed E-state index contributed by atoms with van der Waals surface area (Å²) in [5.41, 5.74) is 1.12. The molecule has 2 unspecified atom stereocenters. The Morgan fingerprint density at radius 3 is 3.00 bits per heavy atom. The van der Waals surface area contributed by atoms with E-state index in [1.165, 1.54) is 6.20 Å².